The van der Waals surface area contributed by atoms with E-state index in [4.69, 9.17) is 5.73 Å². The minimum absolute atomic E-state index is 0.0500. The summed E-state index contributed by atoms with van der Waals surface area (Å²) >= 11 is 0. The third-order valence-electron chi connectivity index (χ3n) is 4.24. The van der Waals surface area contributed by atoms with Gasteiger partial charge in [-0.1, -0.05) is 40.0 Å². The Morgan fingerprint density at radius 2 is 1.84 bits per heavy atom. The van der Waals surface area contributed by atoms with Crippen LogP contribution in [0.1, 0.15) is 66.2 Å². The summed E-state index contributed by atoms with van der Waals surface area (Å²) < 4.78 is 0. The lowest BCUT2D eigenvalue weighted by Crippen LogP contribution is -2.44. The van der Waals surface area contributed by atoms with Crippen LogP contribution in [0.5, 0.6) is 0 Å². The standard InChI is InChI=1S/C16H32N2O/c1-12(13-8-6-5-7-9-13)18-15(19)14(11-17)10-16(2,3)4/h12-14H,5-11,17H2,1-4H3,(H,18,19)/t12-,14?/m0/s1. The van der Waals surface area contributed by atoms with Crippen LogP contribution in [0.2, 0.25) is 0 Å². The van der Waals surface area contributed by atoms with E-state index in [2.05, 4.69) is 33.0 Å². The topological polar surface area (TPSA) is 55.1 Å². The summed E-state index contributed by atoms with van der Waals surface area (Å²) in [5, 5.41) is 3.20. The lowest BCUT2D eigenvalue weighted by Gasteiger charge is -2.30. The van der Waals surface area contributed by atoms with Crippen molar-refractivity contribution in [3.8, 4) is 0 Å². The zero-order chi connectivity index (χ0) is 14.5. The monoisotopic (exact) mass is 268 g/mol. The van der Waals surface area contributed by atoms with Gasteiger partial charge in [-0.25, -0.2) is 0 Å². The summed E-state index contributed by atoms with van der Waals surface area (Å²) in [5.74, 6) is 0.757. The van der Waals surface area contributed by atoms with E-state index in [0.717, 1.165) is 6.42 Å². The van der Waals surface area contributed by atoms with Gasteiger partial charge in [-0.2, -0.15) is 0 Å². The predicted octanol–water partition coefficient (Wildman–Crippen LogP) is 3.08. The number of hydrogen-bond acceptors (Lipinski definition) is 2. The van der Waals surface area contributed by atoms with E-state index in [1.807, 2.05) is 0 Å². The minimum Gasteiger partial charge on any atom is -0.353 e. The van der Waals surface area contributed by atoms with Gasteiger partial charge < -0.3 is 11.1 Å². The second-order valence-electron chi connectivity index (χ2n) is 7.39. The molecule has 0 aromatic rings. The van der Waals surface area contributed by atoms with Crippen LogP contribution in [0, 0.1) is 17.3 Å². The second-order valence-corrected chi connectivity index (χ2v) is 7.39. The Balaban J connectivity index is 2.46. The zero-order valence-corrected chi connectivity index (χ0v) is 13.2. The van der Waals surface area contributed by atoms with E-state index in [-0.39, 0.29) is 17.2 Å². The van der Waals surface area contributed by atoms with E-state index >= 15 is 0 Å². The summed E-state index contributed by atoms with van der Waals surface area (Å²) in [4.78, 5) is 12.3. The van der Waals surface area contributed by atoms with Gasteiger partial charge in [0.05, 0.1) is 5.92 Å². The molecule has 0 aromatic heterocycles. The predicted molar refractivity (Wildman–Crippen MR) is 80.8 cm³/mol. The molecule has 1 amide bonds. The number of rotatable bonds is 5. The highest BCUT2D eigenvalue weighted by atomic mass is 16.1. The van der Waals surface area contributed by atoms with E-state index in [1.165, 1.54) is 32.1 Å². The van der Waals surface area contributed by atoms with Crippen molar-refractivity contribution in [2.24, 2.45) is 23.0 Å². The van der Waals surface area contributed by atoms with Crippen LogP contribution in [0.15, 0.2) is 0 Å². The van der Waals surface area contributed by atoms with Crippen LogP contribution in [-0.2, 0) is 4.79 Å². The molecule has 2 atom stereocenters. The lowest BCUT2D eigenvalue weighted by atomic mass is 9.82. The fourth-order valence-corrected chi connectivity index (χ4v) is 3.12. The van der Waals surface area contributed by atoms with E-state index < -0.39 is 0 Å². The second kappa shape index (κ2) is 7.28. The molecule has 0 radical (unpaired) electrons. The van der Waals surface area contributed by atoms with Crippen LogP contribution >= 0.6 is 0 Å². The van der Waals surface area contributed by atoms with Crippen molar-refractivity contribution >= 4 is 5.91 Å². The summed E-state index contributed by atoms with van der Waals surface area (Å²) in [6.07, 6.45) is 7.35. The molecule has 19 heavy (non-hydrogen) atoms. The van der Waals surface area contributed by atoms with Crippen molar-refractivity contribution in [1.82, 2.24) is 5.32 Å². The molecule has 3 N–H and O–H groups in total. The molecule has 1 aliphatic carbocycles. The largest absolute Gasteiger partial charge is 0.353 e. The Morgan fingerprint density at radius 1 is 1.26 bits per heavy atom. The highest BCUT2D eigenvalue weighted by Gasteiger charge is 2.27. The molecule has 3 nitrogen and oxygen atoms in total. The minimum atomic E-state index is -0.0500. The Morgan fingerprint density at radius 3 is 2.32 bits per heavy atom. The van der Waals surface area contributed by atoms with E-state index in [9.17, 15) is 4.79 Å². The molecule has 0 heterocycles. The molecule has 112 valence electrons. The van der Waals surface area contributed by atoms with Crippen LogP contribution in [-0.4, -0.2) is 18.5 Å². The number of nitrogens with two attached hydrogens (primary N) is 1. The average molecular weight is 268 g/mol. The molecule has 0 bridgehead atoms. The maximum absolute atomic E-state index is 12.3. The smallest absolute Gasteiger partial charge is 0.224 e. The number of carbonyl (C=O) groups is 1. The lowest BCUT2D eigenvalue weighted by molar-refractivity contribution is -0.126. The maximum Gasteiger partial charge on any atom is 0.224 e. The molecule has 1 aliphatic rings. The van der Waals surface area contributed by atoms with E-state index in [0.29, 0.717) is 18.5 Å². The summed E-state index contributed by atoms with van der Waals surface area (Å²) in [5.41, 5.74) is 5.92. The molecule has 1 rings (SSSR count). The molecule has 0 aromatic carbocycles. The molecule has 1 unspecified atom stereocenters. The Labute approximate surface area is 118 Å². The molecule has 0 saturated heterocycles. The van der Waals surface area contributed by atoms with Gasteiger partial charge >= 0.3 is 0 Å². The van der Waals surface area contributed by atoms with Gasteiger partial charge in [-0.3, -0.25) is 4.79 Å². The Bertz CT molecular complexity index is 277. The third kappa shape index (κ3) is 5.94. The van der Waals surface area contributed by atoms with Gasteiger partial charge in [-0.15, -0.1) is 0 Å². The van der Waals surface area contributed by atoms with Crippen LogP contribution < -0.4 is 11.1 Å². The van der Waals surface area contributed by atoms with Crippen LogP contribution in [0.25, 0.3) is 0 Å². The van der Waals surface area contributed by atoms with Gasteiger partial charge in [0, 0.05) is 12.6 Å². The summed E-state index contributed by atoms with van der Waals surface area (Å²) in [6.45, 7) is 9.08. The highest BCUT2D eigenvalue weighted by Crippen LogP contribution is 2.27. The van der Waals surface area contributed by atoms with Crippen LogP contribution in [0.4, 0.5) is 0 Å². The average Bonchev–Trinajstić information content (AvgIpc) is 2.35. The van der Waals surface area contributed by atoms with Crippen molar-refractivity contribution in [2.45, 2.75) is 72.3 Å². The van der Waals surface area contributed by atoms with Gasteiger partial charge in [0.2, 0.25) is 5.91 Å². The van der Waals surface area contributed by atoms with Crippen molar-refractivity contribution in [3.63, 3.8) is 0 Å². The summed E-state index contributed by atoms with van der Waals surface area (Å²) in [6, 6.07) is 0.293. The fourth-order valence-electron chi connectivity index (χ4n) is 3.12. The van der Waals surface area contributed by atoms with Crippen molar-refractivity contribution in [1.29, 1.82) is 0 Å². The first-order chi connectivity index (χ1) is 8.83. The van der Waals surface area contributed by atoms with Crippen molar-refractivity contribution in [3.05, 3.63) is 0 Å². The Kier molecular flexibility index (Phi) is 6.31. The molecular weight excluding hydrogens is 236 g/mol. The van der Waals surface area contributed by atoms with Crippen molar-refractivity contribution in [2.75, 3.05) is 6.54 Å². The number of nitrogens with one attached hydrogen (secondary N) is 1. The van der Waals surface area contributed by atoms with Gasteiger partial charge in [0.15, 0.2) is 0 Å². The van der Waals surface area contributed by atoms with Gasteiger partial charge in [0.25, 0.3) is 0 Å². The molecule has 0 spiro atoms. The SMILES string of the molecule is C[C@H](NC(=O)C(CN)CC(C)(C)C)C1CCCCC1. The molecule has 3 heteroatoms. The quantitative estimate of drug-likeness (QED) is 0.805. The number of hydrogen-bond donors (Lipinski definition) is 2. The molecular formula is C16H32N2O. The molecule has 0 aliphatic heterocycles. The Hall–Kier alpha value is -0.570. The summed E-state index contributed by atoms with van der Waals surface area (Å²) in [7, 11) is 0. The first-order valence-electron chi connectivity index (χ1n) is 7.84. The van der Waals surface area contributed by atoms with Gasteiger partial charge in [0.1, 0.15) is 0 Å². The highest BCUT2D eigenvalue weighted by molar-refractivity contribution is 5.79. The van der Waals surface area contributed by atoms with Gasteiger partial charge in [-0.05, 0) is 37.5 Å². The molecule has 1 saturated carbocycles. The first-order valence-corrected chi connectivity index (χ1v) is 7.84. The first kappa shape index (κ1) is 16.5. The van der Waals surface area contributed by atoms with E-state index in [1.54, 1.807) is 0 Å². The normalized spacial score (nSPS) is 20.9. The maximum atomic E-state index is 12.3. The molecule has 1 fully saturated rings. The third-order valence-corrected chi connectivity index (χ3v) is 4.24. The number of carbonyl (C=O) groups excluding carboxylic acids is 1. The number of amides is 1. The fraction of sp³-hybridized carbons (Fsp3) is 0.938. The van der Waals surface area contributed by atoms with Crippen LogP contribution in [0.3, 0.4) is 0 Å². The zero-order valence-electron chi connectivity index (χ0n) is 13.2. The van der Waals surface area contributed by atoms with Crippen molar-refractivity contribution < 1.29 is 4.79 Å².